The zero-order valence-electron chi connectivity index (χ0n) is 7.71. The second-order valence-electron chi connectivity index (χ2n) is 3.14. The number of nitrogens with two attached hydrogens (primary N) is 1. The van der Waals surface area contributed by atoms with Gasteiger partial charge in [-0.2, -0.15) is 0 Å². The molecule has 0 spiro atoms. The van der Waals surface area contributed by atoms with Gasteiger partial charge in [0.05, 0.1) is 6.54 Å². The van der Waals surface area contributed by atoms with Crippen LogP contribution in [0.2, 0.25) is 0 Å². The number of rotatable bonds is 4. The Hall–Kier alpha value is -0.800. The average molecular weight is 168 g/mol. The van der Waals surface area contributed by atoms with Crippen molar-refractivity contribution in [1.29, 1.82) is 0 Å². The Bertz CT molecular complexity index is 230. The first kappa shape index (κ1) is 9.29. The van der Waals surface area contributed by atoms with Crippen LogP contribution in [0.3, 0.4) is 0 Å². The SMILES string of the molecule is CN(C)Cc1ccc(CCN)o1. The summed E-state index contributed by atoms with van der Waals surface area (Å²) in [5.74, 6) is 1.98. The summed E-state index contributed by atoms with van der Waals surface area (Å²) in [7, 11) is 4.04. The molecule has 0 radical (unpaired) electrons. The van der Waals surface area contributed by atoms with E-state index in [0.29, 0.717) is 6.54 Å². The van der Waals surface area contributed by atoms with Crippen molar-refractivity contribution in [2.24, 2.45) is 5.73 Å². The van der Waals surface area contributed by atoms with Crippen LogP contribution < -0.4 is 5.73 Å². The summed E-state index contributed by atoms with van der Waals surface area (Å²) in [6.07, 6.45) is 0.827. The fourth-order valence-electron chi connectivity index (χ4n) is 1.10. The van der Waals surface area contributed by atoms with Crippen molar-refractivity contribution in [2.45, 2.75) is 13.0 Å². The summed E-state index contributed by atoms with van der Waals surface area (Å²) >= 11 is 0. The Morgan fingerprint density at radius 2 is 2.00 bits per heavy atom. The fourth-order valence-corrected chi connectivity index (χ4v) is 1.10. The smallest absolute Gasteiger partial charge is 0.118 e. The zero-order valence-corrected chi connectivity index (χ0v) is 7.71. The van der Waals surface area contributed by atoms with Gasteiger partial charge in [-0.05, 0) is 32.8 Å². The summed E-state index contributed by atoms with van der Waals surface area (Å²) in [6.45, 7) is 1.50. The van der Waals surface area contributed by atoms with E-state index in [0.717, 1.165) is 24.5 Å². The van der Waals surface area contributed by atoms with Gasteiger partial charge < -0.3 is 15.1 Å². The van der Waals surface area contributed by atoms with E-state index in [-0.39, 0.29) is 0 Å². The normalized spacial score (nSPS) is 11.0. The number of hydrogen-bond donors (Lipinski definition) is 1. The lowest BCUT2D eigenvalue weighted by Crippen LogP contribution is -2.09. The standard InChI is InChI=1S/C9H16N2O/c1-11(2)7-9-4-3-8(12-9)5-6-10/h3-4H,5-7,10H2,1-2H3. The molecule has 68 valence electrons. The molecule has 0 aliphatic rings. The van der Waals surface area contributed by atoms with E-state index in [9.17, 15) is 0 Å². The first-order chi connectivity index (χ1) is 5.72. The number of nitrogens with zero attached hydrogens (tertiary/aromatic N) is 1. The van der Waals surface area contributed by atoms with Crippen molar-refractivity contribution in [2.75, 3.05) is 20.6 Å². The average Bonchev–Trinajstić information content (AvgIpc) is 2.36. The van der Waals surface area contributed by atoms with Crippen molar-refractivity contribution in [3.63, 3.8) is 0 Å². The van der Waals surface area contributed by atoms with E-state index >= 15 is 0 Å². The minimum absolute atomic E-state index is 0.648. The molecule has 1 aromatic heterocycles. The Balaban J connectivity index is 2.52. The molecule has 1 aromatic rings. The minimum Gasteiger partial charge on any atom is -0.465 e. The predicted octanol–water partition coefficient (Wildman–Crippen LogP) is 0.842. The van der Waals surface area contributed by atoms with Crippen LogP contribution in [-0.2, 0) is 13.0 Å². The van der Waals surface area contributed by atoms with Crippen LogP contribution in [0.15, 0.2) is 16.5 Å². The first-order valence-electron chi connectivity index (χ1n) is 4.14. The van der Waals surface area contributed by atoms with Crippen LogP contribution in [0, 0.1) is 0 Å². The molecule has 12 heavy (non-hydrogen) atoms. The van der Waals surface area contributed by atoms with Crippen LogP contribution in [0.5, 0.6) is 0 Å². The molecule has 0 saturated heterocycles. The molecule has 0 aliphatic heterocycles. The van der Waals surface area contributed by atoms with Gasteiger partial charge in [0.1, 0.15) is 11.5 Å². The highest BCUT2D eigenvalue weighted by Gasteiger charge is 2.01. The van der Waals surface area contributed by atoms with Gasteiger partial charge in [0.15, 0.2) is 0 Å². The molecule has 1 heterocycles. The highest BCUT2D eigenvalue weighted by molar-refractivity contribution is 5.07. The van der Waals surface area contributed by atoms with Gasteiger partial charge >= 0.3 is 0 Å². The van der Waals surface area contributed by atoms with Crippen molar-refractivity contribution in [3.8, 4) is 0 Å². The summed E-state index contributed by atoms with van der Waals surface area (Å²) in [6, 6.07) is 4.00. The zero-order chi connectivity index (χ0) is 8.97. The van der Waals surface area contributed by atoms with Crippen molar-refractivity contribution in [3.05, 3.63) is 23.7 Å². The topological polar surface area (TPSA) is 42.4 Å². The second kappa shape index (κ2) is 4.28. The van der Waals surface area contributed by atoms with Gasteiger partial charge in [-0.1, -0.05) is 0 Å². The van der Waals surface area contributed by atoms with E-state index < -0.39 is 0 Å². The predicted molar refractivity (Wildman–Crippen MR) is 48.9 cm³/mol. The molecule has 0 atom stereocenters. The Kier molecular flexibility index (Phi) is 3.31. The minimum atomic E-state index is 0.648. The molecule has 0 bridgehead atoms. The molecule has 3 heteroatoms. The van der Waals surface area contributed by atoms with E-state index in [1.807, 2.05) is 26.2 Å². The van der Waals surface area contributed by atoms with E-state index in [4.69, 9.17) is 10.2 Å². The Morgan fingerprint density at radius 1 is 1.33 bits per heavy atom. The molecule has 0 aliphatic carbocycles. The van der Waals surface area contributed by atoms with Gasteiger partial charge in [-0.3, -0.25) is 0 Å². The van der Waals surface area contributed by atoms with Crippen molar-refractivity contribution >= 4 is 0 Å². The molecule has 0 amide bonds. The molecule has 0 fully saturated rings. The third-order valence-corrected chi connectivity index (χ3v) is 1.58. The van der Waals surface area contributed by atoms with E-state index in [1.54, 1.807) is 0 Å². The molecule has 0 saturated carbocycles. The van der Waals surface area contributed by atoms with E-state index in [1.165, 1.54) is 0 Å². The van der Waals surface area contributed by atoms with Crippen LogP contribution in [0.4, 0.5) is 0 Å². The summed E-state index contributed by atoms with van der Waals surface area (Å²) in [5.41, 5.74) is 5.40. The quantitative estimate of drug-likeness (QED) is 0.724. The van der Waals surface area contributed by atoms with Crippen molar-refractivity contribution < 1.29 is 4.42 Å². The maximum atomic E-state index is 5.51. The second-order valence-corrected chi connectivity index (χ2v) is 3.14. The summed E-state index contributed by atoms with van der Waals surface area (Å²) in [4.78, 5) is 2.07. The summed E-state index contributed by atoms with van der Waals surface area (Å²) < 4.78 is 5.51. The van der Waals surface area contributed by atoms with Crippen LogP contribution in [0.1, 0.15) is 11.5 Å². The maximum absolute atomic E-state index is 5.51. The van der Waals surface area contributed by atoms with Crippen LogP contribution in [0.25, 0.3) is 0 Å². The number of hydrogen-bond acceptors (Lipinski definition) is 3. The lowest BCUT2D eigenvalue weighted by atomic mass is 10.3. The monoisotopic (exact) mass is 168 g/mol. The van der Waals surface area contributed by atoms with Gasteiger partial charge in [-0.25, -0.2) is 0 Å². The molecule has 1 rings (SSSR count). The lowest BCUT2D eigenvalue weighted by Gasteiger charge is -2.05. The van der Waals surface area contributed by atoms with Gasteiger partial charge in [0.25, 0.3) is 0 Å². The molecular formula is C9H16N2O. The van der Waals surface area contributed by atoms with Crippen molar-refractivity contribution in [1.82, 2.24) is 4.90 Å². The van der Waals surface area contributed by atoms with Crippen LogP contribution >= 0.6 is 0 Å². The molecule has 0 aromatic carbocycles. The lowest BCUT2D eigenvalue weighted by molar-refractivity contribution is 0.342. The molecule has 2 N–H and O–H groups in total. The number of furan rings is 1. The highest BCUT2D eigenvalue weighted by atomic mass is 16.3. The molecule has 3 nitrogen and oxygen atoms in total. The van der Waals surface area contributed by atoms with Gasteiger partial charge in [0.2, 0.25) is 0 Å². The van der Waals surface area contributed by atoms with Crippen LogP contribution in [-0.4, -0.2) is 25.5 Å². The third kappa shape index (κ3) is 2.68. The fraction of sp³-hybridized carbons (Fsp3) is 0.556. The Labute approximate surface area is 73.2 Å². The van der Waals surface area contributed by atoms with E-state index in [2.05, 4.69) is 4.90 Å². The third-order valence-electron chi connectivity index (χ3n) is 1.58. The maximum Gasteiger partial charge on any atom is 0.118 e. The molecule has 0 unspecified atom stereocenters. The van der Waals surface area contributed by atoms with Gasteiger partial charge in [-0.15, -0.1) is 0 Å². The summed E-state index contributed by atoms with van der Waals surface area (Å²) in [5, 5.41) is 0. The Morgan fingerprint density at radius 3 is 2.58 bits per heavy atom. The van der Waals surface area contributed by atoms with Gasteiger partial charge in [0, 0.05) is 6.42 Å². The molecular weight excluding hydrogens is 152 g/mol. The highest BCUT2D eigenvalue weighted by Crippen LogP contribution is 2.09. The first-order valence-corrected chi connectivity index (χ1v) is 4.14. The largest absolute Gasteiger partial charge is 0.465 e.